The number of nitrogens with zero attached hydrogens (tertiary/aromatic N) is 1. The molecule has 4 heterocycles. The highest BCUT2D eigenvalue weighted by molar-refractivity contribution is 6.24. The predicted molar refractivity (Wildman–Crippen MR) is 150 cm³/mol. The first-order valence-electron chi connectivity index (χ1n) is 13.3. The number of hydrogen-bond donors (Lipinski definition) is 3. The number of furan rings is 1. The Balaban J connectivity index is 1.38. The summed E-state index contributed by atoms with van der Waals surface area (Å²) in [6.07, 6.45) is 1.71. The van der Waals surface area contributed by atoms with E-state index in [4.69, 9.17) is 4.42 Å². The number of carboxylic acids is 1. The number of aromatic amines is 1. The normalized spacial score (nSPS) is 23.9. The fourth-order valence-corrected chi connectivity index (χ4v) is 6.52. The molecule has 2 amide bonds. The van der Waals surface area contributed by atoms with Gasteiger partial charge < -0.3 is 14.5 Å². The summed E-state index contributed by atoms with van der Waals surface area (Å²) >= 11 is 0. The smallest absolute Gasteiger partial charge is 0.325 e. The number of carboxylic acid groups (broad SMARTS) is 1. The largest absolute Gasteiger partial charge is 0.480 e. The van der Waals surface area contributed by atoms with Crippen molar-refractivity contribution in [2.24, 2.45) is 11.8 Å². The molecular weight excluding hydrogens is 522 g/mol. The van der Waals surface area contributed by atoms with E-state index in [1.165, 1.54) is 6.92 Å². The Labute approximate surface area is 233 Å². The lowest BCUT2D eigenvalue weighted by Gasteiger charge is -2.31. The summed E-state index contributed by atoms with van der Waals surface area (Å²) in [6.45, 7) is 1.43. The van der Waals surface area contributed by atoms with Crippen LogP contribution in [0.1, 0.15) is 34.6 Å². The number of Topliss-reactive ketones (excluding diaryl/α,β-unsaturated/α-hetero) is 1. The number of carbonyl (C=O) groups is 4. The number of anilines is 1. The second-order valence-corrected chi connectivity index (χ2v) is 10.7. The Morgan fingerprint density at radius 2 is 1.71 bits per heavy atom. The monoisotopic (exact) mass is 547 g/mol. The number of rotatable bonds is 6. The molecule has 41 heavy (non-hydrogen) atoms. The molecule has 7 rings (SSSR count). The number of para-hydroxylation sites is 2. The molecule has 9 nitrogen and oxygen atoms in total. The SMILES string of the molecule is CC(=O)c1ccc(N2C(=O)C3C(c4cc5ccccc5o4)NC(Cc4c[nH]c5ccccc45)(C(=O)O)C3C2=O)cc1. The number of aromatic nitrogens is 1. The summed E-state index contributed by atoms with van der Waals surface area (Å²) in [5.41, 5.74) is 1.07. The van der Waals surface area contributed by atoms with Crippen LogP contribution in [0.4, 0.5) is 5.69 Å². The third kappa shape index (κ3) is 3.66. The van der Waals surface area contributed by atoms with E-state index in [1.54, 1.807) is 42.6 Å². The highest BCUT2D eigenvalue weighted by Gasteiger charge is 2.69. The molecule has 0 aliphatic carbocycles. The van der Waals surface area contributed by atoms with Gasteiger partial charge in [-0.05, 0) is 55.0 Å². The van der Waals surface area contributed by atoms with Crippen LogP contribution in [0.3, 0.4) is 0 Å². The van der Waals surface area contributed by atoms with Crippen molar-refractivity contribution in [3.05, 3.63) is 102 Å². The summed E-state index contributed by atoms with van der Waals surface area (Å²) in [5, 5.41) is 15.7. The Kier molecular flexibility index (Phi) is 5.49. The van der Waals surface area contributed by atoms with Gasteiger partial charge in [-0.15, -0.1) is 0 Å². The molecule has 0 bridgehead atoms. The number of benzene rings is 3. The van der Waals surface area contributed by atoms with E-state index < -0.39 is 41.2 Å². The summed E-state index contributed by atoms with van der Waals surface area (Å²) in [7, 11) is 0. The molecule has 4 unspecified atom stereocenters. The molecule has 4 atom stereocenters. The van der Waals surface area contributed by atoms with Gasteiger partial charge in [0.1, 0.15) is 16.9 Å². The van der Waals surface area contributed by atoms with Gasteiger partial charge in [-0.3, -0.25) is 24.5 Å². The maximum absolute atomic E-state index is 14.2. The Bertz CT molecular complexity index is 1850. The van der Waals surface area contributed by atoms with Crippen LogP contribution in [0.5, 0.6) is 0 Å². The molecule has 3 aromatic carbocycles. The number of hydrogen-bond acceptors (Lipinski definition) is 6. The summed E-state index contributed by atoms with van der Waals surface area (Å²) in [5.74, 6) is -4.36. The second kappa shape index (κ2) is 9.00. The molecule has 0 spiro atoms. The molecule has 3 N–H and O–H groups in total. The molecule has 0 saturated carbocycles. The van der Waals surface area contributed by atoms with Gasteiger partial charge in [-0.25, -0.2) is 4.90 Å². The van der Waals surface area contributed by atoms with Crippen LogP contribution in [-0.2, 0) is 20.8 Å². The molecule has 5 aromatic rings. The lowest BCUT2D eigenvalue weighted by molar-refractivity contribution is -0.148. The molecule has 2 saturated heterocycles. The van der Waals surface area contributed by atoms with Crippen molar-refractivity contribution < 1.29 is 28.7 Å². The first-order chi connectivity index (χ1) is 19.8. The molecule has 2 aromatic heterocycles. The van der Waals surface area contributed by atoms with E-state index >= 15 is 0 Å². The van der Waals surface area contributed by atoms with Crippen LogP contribution >= 0.6 is 0 Å². The maximum atomic E-state index is 14.2. The number of H-pyrrole nitrogens is 1. The minimum Gasteiger partial charge on any atom is -0.480 e. The van der Waals surface area contributed by atoms with Gasteiger partial charge in [0.25, 0.3) is 0 Å². The van der Waals surface area contributed by atoms with E-state index in [2.05, 4.69) is 10.3 Å². The van der Waals surface area contributed by atoms with Gasteiger partial charge in [-0.1, -0.05) is 36.4 Å². The Hall–Kier alpha value is -5.02. The topological polar surface area (TPSA) is 133 Å². The summed E-state index contributed by atoms with van der Waals surface area (Å²) in [4.78, 5) is 57.6. The van der Waals surface area contributed by atoms with Crippen molar-refractivity contribution in [1.29, 1.82) is 0 Å². The predicted octanol–water partition coefficient (Wildman–Crippen LogP) is 4.63. The van der Waals surface area contributed by atoms with Gasteiger partial charge in [0.05, 0.1) is 23.6 Å². The fraction of sp³-hybridized carbons (Fsp3) is 0.188. The van der Waals surface area contributed by atoms with E-state index in [0.717, 1.165) is 21.2 Å². The van der Waals surface area contributed by atoms with Crippen LogP contribution in [-0.4, -0.2) is 39.2 Å². The molecule has 0 radical (unpaired) electrons. The van der Waals surface area contributed by atoms with Crippen molar-refractivity contribution in [3.63, 3.8) is 0 Å². The third-order valence-electron chi connectivity index (χ3n) is 8.46. The van der Waals surface area contributed by atoms with E-state index in [1.807, 2.05) is 42.5 Å². The second-order valence-electron chi connectivity index (χ2n) is 10.7. The van der Waals surface area contributed by atoms with Crippen molar-refractivity contribution in [2.75, 3.05) is 4.90 Å². The van der Waals surface area contributed by atoms with Crippen molar-refractivity contribution in [1.82, 2.24) is 10.3 Å². The van der Waals surface area contributed by atoms with Gasteiger partial charge in [-0.2, -0.15) is 0 Å². The zero-order valence-electron chi connectivity index (χ0n) is 22.0. The van der Waals surface area contributed by atoms with Gasteiger partial charge in [0.15, 0.2) is 5.78 Å². The standard InChI is InChI=1S/C32H25N3O6/c1-17(36)18-10-12-21(13-11-18)35-29(37)26-27(30(35)38)32(31(39)40,15-20-16-33-23-8-4-3-7-22(20)23)34-28(26)25-14-19-6-2-5-9-24(19)41-25/h2-14,16,26-28,33-34H,15H2,1H3,(H,39,40). The Morgan fingerprint density at radius 3 is 2.44 bits per heavy atom. The van der Waals surface area contributed by atoms with Gasteiger partial charge in [0.2, 0.25) is 11.8 Å². The van der Waals surface area contributed by atoms with Crippen molar-refractivity contribution in [3.8, 4) is 0 Å². The zero-order chi connectivity index (χ0) is 28.5. The molecule has 2 aliphatic heterocycles. The van der Waals surface area contributed by atoms with Crippen LogP contribution in [0.15, 0.2) is 89.5 Å². The average Bonchev–Trinajstić information content (AvgIpc) is 3.72. The number of ketones is 1. The molecule has 204 valence electrons. The maximum Gasteiger partial charge on any atom is 0.325 e. The Morgan fingerprint density at radius 1 is 0.976 bits per heavy atom. The summed E-state index contributed by atoms with van der Waals surface area (Å²) in [6, 6.07) is 22.0. The van der Waals surface area contributed by atoms with Crippen molar-refractivity contribution >= 4 is 51.1 Å². The number of carbonyl (C=O) groups excluding carboxylic acids is 3. The highest BCUT2D eigenvalue weighted by Crippen LogP contribution is 2.51. The first kappa shape index (κ1) is 25.0. The van der Waals surface area contributed by atoms with E-state index in [-0.39, 0.29) is 17.9 Å². The fourth-order valence-electron chi connectivity index (χ4n) is 6.52. The molecular formula is C32H25N3O6. The molecule has 2 fully saturated rings. The third-order valence-corrected chi connectivity index (χ3v) is 8.46. The number of fused-ring (bicyclic) bond motifs is 3. The van der Waals surface area contributed by atoms with E-state index in [9.17, 15) is 24.3 Å². The number of nitrogens with one attached hydrogen (secondary N) is 2. The minimum atomic E-state index is -1.81. The van der Waals surface area contributed by atoms with Crippen molar-refractivity contribution in [2.45, 2.75) is 24.9 Å². The number of aliphatic carboxylic acids is 1. The lowest BCUT2D eigenvalue weighted by Crippen LogP contribution is -2.57. The van der Waals surface area contributed by atoms with Gasteiger partial charge in [0, 0.05) is 34.5 Å². The van der Waals surface area contributed by atoms with Gasteiger partial charge >= 0.3 is 5.97 Å². The quantitative estimate of drug-likeness (QED) is 0.209. The molecule has 9 heteroatoms. The highest BCUT2D eigenvalue weighted by atomic mass is 16.4. The van der Waals surface area contributed by atoms with Crippen LogP contribution in [0.25, 0.3) is 21.9 Å². The first-order valence-corrected chi connectivity index (χ1v) is 13.3. The average molecular weight is 548 g/mol. The summed E-state index contributed by atoms with van der Waals surface area (Å²) < 4.78 is 6.12. The molecule has 2 aliphatic rings. The van der Waals surface area contributed by atoms with Crippen LogP contribution < -0.4 is 10.2 Å². The van der Waals surface area contributed by atoms with E-state index in [0.29, 0.717) is 22.5 Å². The van der Waals surface area contributed by atoms with Crippen LogP contribution in [0.2, 0.25) is 0 Å². The minimum absolute atomic E-state index is 0.0413. The van der Waals surface area contributed by atoms with Crippen LogP contribution in [0, 0.1) is 11.8 Å². The zero-order valence-corrected chi connectivity index (χ0v) is 22.0. The number of amides is 2. The lowest BCUT2D eigenvalue weighted by atomic mass is 9.76. The number of imide groups is 1.